The maximum atomic E-state index is 10.9. The van der Waals surface area contributed by atoms with Crippen molar-refractivity contribution in [2.75, 3.05) is 13.7 Å². The maximum Gasteiger partial charge on any atom is 0.259 e. The Bertz CT molecular complexity index is 128. The van der Waals surface area contributed by atoms with Gasteiger partial charge in [0.05, 0.1) is 18.5 Å². The van der Waals surface area contributed by atoms with Crippen molar-refractivity contribution in [3.63, 3.8) is 0 Å². The van der Waals surface area contributed by atoms with E-state index in [2.05, 4.69) is 15.9 Å². The highest BCUT2D eigenvalue weighted by Crippen LogP contribution is 2.17. The molecule has 0 aliphatic carbocycles. The van der Waals surface area contributed by atoms with Gasteiger partial charge in [-0.05, 0) is 6.42 Å². The molecule has 1 heterocycles. The summed E-state index contributed by atoms with van der Waals surface area (Å²) in [5.41, 5.74) is 0. The van der Waals surface area contributed by atoms with E-state index in [4.69, 9.17) is 4.84 Å². The van der Waals surface area contributed by atoms with Gasteiger partial charge in [-0.2, -0.15) is 0 Å². The van der Waals surface area contributed by atoms with Crippen molar-refractivity contribution in [2.45, 2.75) is 11.2 Å². The molecule has 1 atom stereocenters. The predicted molar refractivity (Wildman–Crippen MR) is 36.1 cm³/mol. The number of alkyl halides is 1. The van der Waals surface area contributed by atoms with E-state index in [1.807, 2.05) is 0 Å². The summed E-state index contributed by atoms with van der Waals surface area (Å²) >= 11 is 3.21. The Balaban J connectivity index is 2.51. The highest BCUT2D eigenvalue weighted by molar-refractivity contribution is 9.10. The lowest BCUT2D eigenvalue weighted by atomic mass is 10.4. The minimum Gasteiger partial charge on any atom is -0.274 e. The fraction of sp³-hybridized carbons (Fsp3) is 0.800. The molecule has 0 saturated carbocycles. The zero-order valence-electron chi connectivity index (χ0n) is 5.13. The maximum absolute atomic E-state index is 10.9. The molecular weight excluding hydrogens is 186 g/mol. The average molecular weight is 194 g/mol. The molecule has 0 aromatic carbocycles. The molecule has 0 radical (unpaired) electrons. The lowest BCUT2D eigenvalue weighted by Gasteiger charge is -2.10. The van der Waals surface area contributed by atoms with Gasteiger partial charge in [0.1, 0.15) is 0 Å². The molecule has 1 aliphatic rings. The largest absolute Gasteiger partial charge is 0.274 e. The molecule has 1 saturated heterocycles. The summed E-state index contributed by atoms with van der Waals surface area (Å²) in [6.45, 7) is 0.700. The van der Waals surface area contributed by atoms with Crippen molar-refractivity contribution in [1.82, 2.24) is 5.06 Å². The summed E-state index contributed by atoms with van der Waals surface area (Å²) in [4.78, 5) is 15.6. The summed E-state index contributed by atoms with van der Waals surface area (Å²) in [5, 5.41) is 1.36. The van der Waals surface area contributed by atoms with Gasteiger partial charge in [0.15, 0.2) is 0 Å². The number of hydrogen-bond acceptors (Lipinski definition) is 2. The minimum atomic E-state index is -0.0301. The highest BCUT2D eigenvalue weighted by atomic mass is 79.9. The van der Waals surface area contributed by atoms with Crippen molar-refractivity contribution in [3.05, 3.63) is 0 Å². The van der Waals surface area contributed by atoms with Gasteiger partial charge >= 0.3 is 0 Å². The van der Waals surface area contributed by atoms with E-state index in [-0.39, 0.29) is 10.7 Å². The van der Waals surface area contributed by atoms with Crippen LogP contribution in [0.3, 0.4) is 0 Å². The number of amides is 1. The third-order valence-corrected chi connectivity index (χ3v) is 2.17. The van der Waals surface area contributed by atoms with Crippen LogP contribution in [0, 0.1) is 0 Å². The van der Waals surface area contributed by atoms with Crippen LogP contribution in [0.1, 0.15) is 6.42 Å². The molecule has 1 fully saturated rings. The molecule has 52 valence electrons. The summed E-state index contributed by atoms with van der Waals surface area (Å²) in [6.07, 6.45) is 0.840. The van der Waals surface area contributed by atoms with Gasteiger partial charge in [-0.1, -0.05) is 15.9 Å². The van der Waals surface area contributed by atoms with Crippen LogP contribution < -0.4 is 0 Å². The van der Waals surface area contributed by atoms with Gasteiger partial charge in [-0.25, -0.2) is 5.06 Å². The standard InChI is InChI=1S/C5H8BrNO2/c1-9-7-3-2-4(6)5(7)8/h4H,2-3H2,1H3/t4-/m1/s1. The van der Waals surface area contributed by atoms with Gasteiger partial charge in [0.25, 0.3) is 5.91 Å². The fourth-order valence-electron chi connectivity index (χ4n) is 0.802. The van der Waals surface area contributed by atoms with Crippen molar-refractivity contribution in [2.24, 2.45) is 0 Å². The number of rotatable bonds is 1. The predicted octanol–water partition coefficient (Wildman–Crippen LogP) is 0.544. The molecule has 0 N–H and O–H groups in total. The SMILES string of the molecule is CON1CC[C@@H](Br)C1=O. The molecule has 1 aliphatic heterocycles. The molecule has 0 aromatic rings. The average Bonchev–Trinajstić information content (AvgIpc) is 2.15. The van der Waals surface area contributed by atoms with Crippen LogP contribution in [0.15, 0.2) is 0 Å². The van der Waals surface area contributed by atoms with Crippen LogP contribution in [-0.2, 0) is 9.63 Å². The summed E-state index contributed by atoms with van der Waals surface area (Å²) < 4.78 is 0. The van der Waals surface area contributed by atoms with Crippen molar-refractivity contribution in [3.8, 4) is 0 Å². The third kappa shape index (κ3) is 1.24. The van der Waals surface area contributed by atoms with Crippen LogP contribution >= 0.6 is 15.9 Å². The van der Waals surface area contributed by atoms with Gasteiger partial charge < -0.3 is 0 Å². The Morgan fingerprint density at radius 2 is 2.56 bits per heavy atom. The van der Waals surface area contributed by atoms with Gasteiger partial charge in [-0.15, -0.1) is 0 Å². The van der Waals surface area contributed by atoms with Crippen LogP contribution in [0.4, 0.5) is 0 Å². The monoisotopic (exact) mass is 193 g/mol. The molecule has 1 rings (SSSR count). The molecule has 0 bridgehead atoms. The second-order valence-electron chi connectivity index (χ2n) is 1.88. The van der Waals surface area contributed by atoms with Crippen molar-refractivity contribution in [1.29, 1.82) is 0 Å². The van der Waals surface area contributed by atoms with Crippen LogP contribution in [0.25, 0.3) is 0 Å². The third-order valence-electron chi connectivity index (χ3n) is 1.32. The lowest BCUT2D eigenvalue weighted by molar-refractivity contribution is -0.166. The second kappa shape index (κ2) is 2.66. The van der Waals surface area contributed by atoms with E-state index in [1.165, 1.54) is 12.2 Å². The number of nitrogens with zero attached hydrogens (tertiary/aromatic N) is 1. The van der Waals surface area contributed by atoms with Crippen LogP contribution in [0.2, 0.25) is 0 Å². The van der Waals surface area contributed by atoms with Gasteiger partial charge in [-0.3, -0.25) is 9.63 Å². The highest BCUT2D eigenvalue weighted by Gasteiger charge is 2.29. The van der Waals surface area contributed by atoms with E-state index in [0.29, 0.717) is 6.54 Å². The first kappa shape index (κ1) is 7.02. The topological polar surface area (TPSA) is 29.5 Å². The number of hydroxylamine groups is 2. The molecule has 3 nitrogen and oxygen atoms in total. The Morgan fingerprint density at radius 1 is 1.89 bits per heavy atom. The summed E-state index contributed by atoms with van der Waals surface area (Å²) in [7, 11) is 1.50. The first-order chi connectivity index (χ1) is 4.25. The Hall–Kier alpha value is -0.0900. The van der Waals surface area contributed by atoms with Gasteiger partial charge in [0.2, 0.25) is 0 Å². The Morgan fingerprint density at radius 3 is 2.78 bits per heavy atom. The fourth-order valence-corrected chi connectivity index (χ4v) is 1.23. The van der Waals surface area contributed by atoms with E-state index < -0.39 is 0 Å². The molecule has 0 aromatic heterocycles. The molecule has 0 spiro atoms. The summed E-state index contributed by atoms with van der Waals surface area (Å²) in [6, 6.07) is 0. The quantitative estimate of drug-likeness (QED) is 0.570. The number of carbonyl (C=O) groups excluding carboxylic acids is 1. The van der Waals surface area contributed by atoms with Gasteiger partial charge in [0, 0.05) is 0 Å². The lowest BCUT2D eigenvalue weighted by Crippen LogP contribution is -2.25. The molecule has 0 unspecified atom stereocenters. The number of hydrogen-bond donors (Lipinski definition) is 0. The van der Waals surface area contributed by atoms with E-state index in [0.717, 1.165) is 6.42 Å². The minimum absolute atomic E-state index is 0.0255. The Kier molecular flexibility index (Phi) is 2.08. The molecular formula is C5H8BrNO2. The van der Waals surface area contributed by atoms with Crippen molar-refractivity contribution < 1.29 is 9.63 Å². The number of carbonyl (C=O) groups is 1. The Labute approximate surface area is 62.0 Å². The van der Waals surface area contributed by atoms with Crippen molar-refractivity contribution >= 4 is 21.8 Å². The molecule has 9 heavy (non-hydrogen) atoms. The van der Waals surface area contributed by atoms with Crippen LogP contribution in [-0.4, -0.2) is 29.5 Å². The smallest absolute Gasteiger partial charge is 0.259 e. The normalized spacial score (nSPS) is 27.6. The molecule has 4 heteroatoms. The number of halogens is 1. The first-order valence-corrected chi connectivity index (χ1v) is 3.67. The summed E-state index contributed by atoms with van der Waals surface area (Å²) in [5.74, 6) is 0.0255. The first-order valence-electron chi connectivity index (χ1n) is 2.75. The van der Waals surface area contributed by atoms with E-state index in [9.17, 15) is 4.79 Å². The second-order valence-corrected chi connectivity index (χ2v) is 2.98. The van der Waals surface area contributed by atoms with Crippen LogP contribution in [0.5, 0.6) is 0 Å². The van der Waals surface area contributed by atoms with E-state index in [1.54, 1.807) is 0 Å². The molecule has 1 amide bonds. The van der Waals surface area contributed by atoms with E-state index >= 15 is 0 Å². The zero-order chi connectivity index (χ0) is 6.85. The zero-order valence-corrected chi connectivity index (χ0v) is 6.72.